The van der Waals surface area contributed by atoms with Gasteiger partial charge in [-0.15, -0.1) is 0 Å². The molecule has 0 unspecified atom stereocenters. The van der Waals surface area contributed by atoms with Crippen molar-refractivity contribution >= 4 is 23.0 Å². The maximum Gasteiger partial charge on any atom is 0.371 e. The fourth-order valence-corrected chi connectivity index (χ4v) is 5.60. The zero-order valence-corrected chi connectivity index (χ0v) is 20.1. The molecule has 0 amide bonds. The highest BCUT2D eigenvalue weighted by molar-refractivity contribution is 6.49. The number of rotatable bonds is 2. The van der Waals surface area contributed by atoms with Gasteiger partial charge in [0.1, 0.15) is 24.5 Å². The van der Waals surface area contributed by atoms with Crippen LogP contribution in [0.25, 0.3) is 0 Å². The molecule has 1 fully saturated rings. The van der Waals surface area contributed by atoms with Crippen molar-refractivity contribution in [1.29, 1.82) is 0 Å². The molecule has 0 aliphatic carbocycles. The summed E-state index contributed by atoms with van der Waals surface area (Å²) in [5, 5.41) is 0. The Labute approximate surface area is 181 Å². The van der Waals surface area contributed by atoms with Gasteiger partial charge in [-0.3, -0.25) is 9.15 Å². The van der Waals surface area contributed by atoms with E-state index < -0.39 is 0 Å². The third kappa shape index (κ3) is 3.05. The lowest BCUT2D eigenvalue weighted by molar-refractivity contribution is -0.584. The minimum Gasteiger partial charge on any atom is -0.253 e. The molecule has 0 atom stereocenters. The van der Waals surface area contributed by atoms with Crippen molar-refractivity contribution in [1.82, 2.24) is 0 Å². The van der Waals surface area contributed by atoms with Crippen LogP contribution < -0.4 is 9.80 Å². The van der Waals surface area contributed by atoms with Crippen LogP contribution in [0.15, 0.2) is 24.3 Å². The predicted octanol–water partition coefficient (Wildman–Crippen LogP) is 4.30. The predicted molar refractivity (Wildman–Crippen MR) is 128 cm³/mol. The first kappa shape index (κ1) is 20.6. The molecule has 2 aromatic carbocycles. The first-order valence-electron chi connectivity index (χ1n) is 11.0. The number of anilines is 2. The number of hydrogen-bond acceptors (Lipinski definition) is 2. The highest BCUT2D eigenvalue weighted by Crippen LogP contribution is 2.38. The first-order valence-corrected chi connectivity index (χ1v) is 11.0. The van der Waals surface area contributed by atoms with E-state index in [0.717, 1.165) is 13.1 Å². The minimum atomic E-state index is 0.193. The Bertz CT molecular complexity index is 973. The summed E-state index contributed by atoms with van der Waals surface area (Å²) in [5.41, 5.74) is 10.7. The largest absolute Gasteiger partial charge is 0.371 e. The second kappa shape index (κ2) is 7.26. The lowest BCUT2D eigenvalue weighted by Crippen LogP contribution is -2.47. The molecule has 0 saturated carbocycles. The van der Waals surface area contributed by atoms with Gasteiger partial charge in [0.2, 0.25) is 6.17 Å². The number of nitrogens with zero attached hydrogens (tertiary/aromatic N) is 4. The lowest BCUT2D eigenvalue weighted by atomic mass is 10.0. The van der Waals surface area contributed by atoms with E-state index in [4.69, 9.17) is 0 Å². The SMILES string of the molecule is Cc1cc(C)c(N2C3=[N+](C)CC[N+](C)=C3N(c3c(C)cc(C)cc3C)C2C)c(C)c1. The van der Waals surface area contributed by atoms with Crippen LogP contribution in [0.3, 0.4) is 0 Å². The molecule has 158 valence electrons. The van der Waals surface area contributed by atoms with Crippen molar-refractivity contribution in [3.8, 4) is 0 Å². The Kier molecular flexibility index (Phi) is 5.00. The maximum absolute atomic E-state index is 2.56. The van der Waals surface area contributed by atoms with Gasteiger partial charge in [0.15, 0.2) is 0 Å². The summed E-state index contributed by atoms with van der Waals surface area (Å²) in [7, 11) is 4.47. The summed E-state index contributed by atoms with van der Waals surface area (Å²) in [4.78, 5) is 5.13. The zero-order chi connectivity index (χ0) is 21.9. The van der Waals surface area contributed by atoms with Crippen molar-refractivity contribution in [3.63, 3.8) is 0 Å². The Morgan fingerprint density at radius 3 is 1.23 bits per heavy atom. The molecule has 0 N–H and O–H groups in total. The van der Waals surface area contributed by atoms with Crippen LogP contribution >= 0.6 is 0 Å². The molecule has 2 aromatic rings. The van der Waals surface area contributed by atoms with Crippen molar-refractivity contribution in [2.75, 3.05) is 37.0 Å². The molecular formula is C26H36N4+2. The van der Waals surface area contributed by atoms with Crippen molar-refractivity contribution in [3.05, 3.63) is 57.6 Å². The van der Waals surface area contributed by atoms with Gasteiger partial charge in [0.05, 0.1) is 14.1 Å². The molecular weight excluding hydrogens is 368 g/mol. The van der Waals surface area contributed by atoms with Crippen LogP contribution in [0.4, 0.5) is 11.4 Å². The lowest BCUT2D eigenvalue weighted by Gasteiger charge is -2.23. The number of hydrogen-bond donors (Lipinski definition) is 0. The standard InChI is InChI=1S/C26H36N4/c1-16-12-18(3)23(19(4)13-16)29-22(7)30(24-20(5)14-17(2)15-21(24)6)26-25(29)27(8)10-11-28(26)9/h12-15,22H,10-11H2,1-9H3/q+2. The topological polar surface area (TPSA) is 12.5 Å². The molecule has 4 nitrogen and oxygen atoms in total. The molecule has 4 rings (SSSR count). The Balaban J connectivity index is 2.01. The third-order valence-electron chi connectivity index (χ3n) is 6.65. The van der Waals surface area contributed by atoms with E-state index >= 15 is 0 Å². The first-order chi connectivity index (χ1) is 14.1. The third-order valence-corrected chi connectivity index (χ3v) is 6.65. The summed E-state index contributed by atoms with van der Waals surface area (Å²) in [6, 6.07) is 9.25. The van der Waals surface area contributed by atoms with Crippen LogP contribution in [0.2, 0.25) is 0 Å². The van der Waals surface area contributed by atoms with E-state index in [1.165, 1.54) is 56.4 Å². The minimum absolute atomic E-state index is 0.193. The monoisotopic (exact) mass is 404 g/mol. The molecule has 30 heavy (non-hydrogen) atoms. The van der Waals surface area contributed by atoms with Gasteiger partial charge < -0.3 is 0 Å². The molecule has 0 bridgehead atoms. The average Bonchev–Trinajstić information content (AvgIpc) is 2.91. The molecule has 0 aromatic heterocycles. The molecule has 1 saturated heterocycles. The van der Waals surface area contributed by atoms with Crippen molar-refractivity contribution in [2.45, 2.75) is 54.6 Å². The maximum atomic E-state index is 2.56. The highest BCUT2D eigenvalue weighted by Gasteiger charge is 2.57. The summed E-state index contributed by atoms with van der Waals surface area (Å²) >= 11 is 0. The van der Waals surface area contributed by atoms with Gasteiger partial charge in [0.25, 0.3) is 0 Å². The van der Waals surface area contributed by atoms with Crippen LogP contribution in [-0.2, 0) is 0 Å². The zero-order valence-electron chi connectivity index (χ0n) is 20.1. The fraction of sp³-hybridized carbons (Fsp3) is 0.462. The van der Waals surface area contributed by atoms with Crippen molar-refractivity contribution < 1.29 is 9.15 Å². The van der Waals surface area contributed by atoms with Gasteiger partial charge in [0, 0.05) is 6.92 Å². The van der Waals surface area contributed by atoms with Crippen LogP contribution in [0, 0.1) is 41.5 Å². The Hall–Kier alpha value is -2.62. The van der Waals surface area contributed by atoms with Crippen LogP contribution in [-0.4, -0.2) is 54.2 Å². The van der Waals surface area contributed by atoms with E-state index in [1.807, 2.05) is 0 Å². The molecule has 0 radical (unpaired) electrons. The molecule has 0 spiro atoms. The van der Waals surface area contributed by atoms with E-state index in [0.29, 0.717) is 0 Å². The van der Waals surface area contributed by atoms with E-state index in [9.17, 15) is 0 Å². The van der Waals surface area contributed by atoms with E-state index in [2.05, 4.69) is 106 Å². The summed E-state index contributed by atoms with van der Waals surface area (Å²) in [6.45, 7) is 17.8. The van der Waals surface area contributed by atoms with Crippen molar-refractivity contribution in [2.24, 2.45) is 0 Å². The van der Waals surface area contributed by atoms with Crippen LogP contribution in [0.1, 0.15) is 40.3 Å². The number of benzene rings is 2. The van der Waals surface area contributed by atoms with Gasteiger partial charge >= 0.3 is 11.7 Å². The van der Waals surface area contributed by atoms with Gasteiger partial charge in [-0.05, 0) is 63.8 Å². The van der Waals surface area contributed by atoms with E-state index in [1.54, 1.807) is 0 Å². The number of likely N-dealkylation sites (N-methyl/N-ethyl adjacent to an activating group) is 2. The number of fused-ring (bicyclic) bond motifs is 1. The molecule has 2 heterocycles. The molecule has 4 heteroatoms. The second-order valence-corrected chi connectivity index (χ2v) is 9.36. The second-order valence-electron chi connectivity index (χ2n) is 9.36. The van der Waals surface area contributed by atoms with Crippen LogP contribution in [0.5, 0.6) is 0 Å². The number of aryl methyl sites for hydroxylation is 6. The molecule has 2 aliphatic rings. The normalized spacial score (nSPS) is 17.4. The summed E-state index contributed by atoms with van der Waals surface area (Å²) < 4.78 is 4.87. The average molecular weight is 405 g/mol. The smallest absolute Gasteiger partial charge is 0.253 e. The Morgan fingerprint density at radius 1 is 0.633 bits per heavy atom. The fourth-order valence-electron chi connectivity index (χ4n) is 5.60. The Morgan fingerprint density at radius 2 is 0.933 bits per heavy atom. The summed E-state index contributed by atoms with van der Waals surface area (Å²) in [6.07, 6.45) is 0.193. The van der Waals surface area contributed by atoms with Gasteiger partial charge in [-0.2, -0.15) is 9.80 Å². The van der Waals surface area contributed by atoms with Gasteiger partial charge in [-0.1, -0.05) is 35.4 Å². The highest BCUT2D eigenvalue weighted by atomic mass is 15.5. The van der Waals surface area contributed by atoms with Gasteiger partial charge in [-0.25, -0.2) is 0 Å². The molecule has 2 aliphatic heterocycles. The quantitative estimate of drug-likeness (QED) is 0.692. The number of amidine groups is 2. The summed E-state index contributed by atoms with van der Waals surface area (Å²) in [5.74, 6) is 2.62. The van der Waals surface area contributed by atoms with E-state index in [-0.39, 0.29) is 6.17 Å².